The maximum Gasteiger partial charge on any atom is -0.0298 e. The summed E-state index contributed by atoms with van der Waals surface area (Å²) in [6.07, 6.45) is 15.2. The largest absolute Gasteiger partial charge is 0.0683 e. The van der Waals surface area contributed by atoms with Crippen LogP contribution in [0.3, 0.4) is 0 Å². The second-order valence-electron chi connectivity index (χ2n) is 5.55. The molecule has 0 amide bonds. The minimum atomic E-state index is 0.749. The van der Waals surface area contributed by atoms with Gasteiger partial charge in [-0.05, 0) is 37.0 Å². The van der Waals surface area contributed by atoms with Gasteiger partial charge >= 0.3 is 0 Å². The quantitative estimate of drug-likeness (QED) is 0.436. The molecular weight excluding hydrogens is 300 g/mol. The van der Waals surface area contributed by atoms with Crippen molar-refractivity contribution in [2.75, 3.05) is 0 Å². The molecule has 0 radical (unpaired) electrons. The van der Waals surface area contributed by atoms with Crippen LogP contribution in [0.4, 0.5) is 0 Å². The van der Waals surface area contributed by atoms with Gasteiger partial charge in [0.25, 0.3) is 0 Å². The fourth-order valence-electron chi connectivity index (χ4n) is 3.57. The highest BCUT2D eigenvalue weighted by Gasteiger charge is 2.35. The lowest BCUT2D eigenvalue weighted by atomic mass is 9.63. The topological polar surface area (TPSA) is 0 Å². The monoisotopic (exact) mass is 360 g/mol. The molecule has 0 aromatic rings. The summed E-state index contributed by atoms with van der Waals surface area (Å²) in [6, 6.07) is 0. The first kappa shape index (κ1) is 36.0. The molecule has 0 aromatic carbocycles. The van der Waals surface area contributed by atoms with E-state index in [0.717, 1.165) is 11.3 Å². The van der Waals surface area contributed by atoms with Crippen LogP contribution in [-0.4, -0.2) is 0 Å². The molecule has 0 heterocycles. The van der Waals surface area contributed by atoms with Gasteiger partial charge in [-0.25, -0.2) is 0 Å². The molecule has 0 spiro atoms. The second-order valence-corrected chi connectivity index (χ2v) is 5.55. The van der Waals surface area contributed by atoms with Crippen LogP contribution in [0, 0.1) is 11.3 Å². The Morgan fingerprint density at radius 3 is 1.04 bits per heavy atom. The van der Waals surface area contributed by atoms with E-state index in [9.17, 15) is 0 Å². The van der Waals surface area contributed by atoms with Crippen molar-refractivity contribution in [1.82, 2.24) is 0 Å². The summed E-state index contributed by atoms with van der Waals surface area (Å²) in [5, 5.41) is 0. The molecule has 0 nitrogen and oxygen atoms in total. The van der Waals surface area contributed by atoms with Gasteiger partial charge in [0.05, 0.1) is 0 Å². The SMILES string of the molecule is CC.CC.CC.CC.CC.CC.CC1(C2CCCCC2)CCCCC1. The van der Waals surface area contributed by atoms with Gasteiger partial charge < -0.3 is 0 Å². The lowest BCUT2D eigenvalue weighted by molar-refractivity contribution is 0.0876. The van der Waals surface area contributed by atoms with Crippen molar-refractivity contribution in [2.24, 2.45) is 11.3 Å². The van der Waals surface area contributed by atoms with E-state index < -0.39 is 0 Å². The third-order valence-corrected chi connectivity index (χ3v) is 4.59. The molecule has 25 heavy (non-hydrogen) atoms. The average molecular weight is 361 g/mol. The van der Waals surface area contributed by atoms with E-state index in [1.807, 2.05) is 83.1 Å². The van der Waals surface area contributed by atoms with Gasteiger partial charge in [0.1, 0.15) is 0 Å². The smallest absolute Gasteiger partial charge is 0.0298 e. The van der Waals surface area contributed by atoms with Gasteiger partial charge in [-0.1, -0.05) is 129 Å². The number of hydrogen-bond acceptors (Lipinski definition) is 0. The van der Waals surface area contributed by atoms with Crippen LogP contribution >= 0.6 is 0 Å². The molecule has 0 heteroatoms. The highest BCUT2D eigenvalue weighted by molar-refractivity contribution is 4.86. The lowest BCUT2D eigenvalue weighted by Crippen LogP contribution is -2.31. The molecule has 0 aromatic heterocycles. The third kappa shape index (κ3) is 20.2. The van der Waals surface area contributed by atoms with Crippen molar-refractivity contribution in [3.05, 3.63) is 0 Å². The molecule has 0 bridgehead atoms. The van der Waals surface area contributed by atoms with Gasteiger partial charge in [-0.15, -0.1) is 0 Å². The number of rotatable bonds is 1. The zero-order valence-corrected chi connectivity index (χ0v) is 21.1. The van der Waals surface area contributed by atoms with E-state index in [-0.39, 0.29) is 0 Å². The first-order chi connectivity index (χ1) is 12.3. The lowest BCUT2D eigenvalue weighted by Gasteiger charge is -2.42. The average Bonchev–Trinajstić information content (AvgIpc) is 2.78. The van der Waals surface area contributed by atoms with Crippen LogP contribution in [-0.2, 0) is 0 Å². The van der Waals surface area contributed by atoms with Crippen molar-refractivity contribution >= 4 is 0 Å². The summed E-state index contributed by atoms with van der Waals surface area (Å²) in [4.78, 5) is 0. The van der Waals surface area contributed by atoms with E-state index in [4.69, 9.17) is 0 Å². The minimum Gasteiger partial charge on any atom is -0.0683 e. The van der Waals surface area contributed by atoms with E-state index in [0.29, 0.717) is 0 Å². The van der Waals surface area contributed by atoms with Crippen LogP contribution < -0.4 is 0 Å². The molecule has 2 rings (SSSR count). The van der Waals surface area contributed by atoms with Crippen molar-refractivity contribution < 1.29 is 0 Å². The third-order valence-electron chi connectivity index (χ3n) is 4.59. The molecule has 0 N–H and O–H groups in total. The Bertz CT molecular complexity index is 147. The number of hydrogen-bond donors (Lipinski definition) is 0. The fourth-order valence-corrected chi connectivity index (χ4v) is 3.57. The standard InChI is InChI=1S/C13H24.6C2H6/c1-13(10-6-3-7-11-13)12-8-4-2-5-9-12;6*1-2/h12H,2-11H2,1H3;6*1-2H3. The zero-order valence-electron chi connectivity index (χ0n) is 21.1. The van der Waals surface area contributed by atoms with Gasteiger partial charge in [-0.3, -0.25) is 0 Å². The Hall–Kier alpha value is 0. The van der Waals surface area contributed by atoms with Crippen molar-refractivity contribution in [1.29, 1.82) is 0 Å². The van der Waals surface area contributed by atoms with Crippen molar-refractivity contribution in [2.45, 2.75) is 154 Å². The Morgan fingerprint density at radius 1 is 0.440 bits per heavy atom. The van der Waals surface area contributed by atoms with Crippen LogP contribution in [0.2, 0.25) is 0 Å². The van der Waals surface area contributed by atoms with Crippen LogP contribution in [0.15, 0.2) is 0 Å². The second kappa shape index (κ2) is 35.2. The van der Waals surface area contributed by atoms with Gasteiger partial charge in [-0.2, -0.15) is 0 Å². The van der Waals surface area contributed by atoms with Crippen molar-refractivity contribution in [3.63, 3.8) is 0 Å². The molecule has 0 saturated heterocycles. The summed E-state index contributed by atoms with van der Waals surface area (Å²) in [5.74, 6) is 1.08. The summed E-state index contributed by atoms with van der Waals surface area (Å²) in [5.41, 5.74) is 0.749. The molecule has 0 atom stereocenters. The van der Waals surface area contributed by atoms with Gasteiger partial charge in [0, 0.05) is 0 Å². The highest BCUT2D eigenvalue weighted by Crippen LogP contribution is 2.47. The Balaban J connectivity index is -0.0000000952. The van der Waals surface area contributed by atoms with Crippen molar-refractivity contribution in [3.8, 4) is 0 Å². The fraction of sp³-hybridized carbons (Fsp3) is 1.00. The van der Waals surface area contributed by atoms with Crippen LogP contribution in [0.5, 0.6) is 0 Å². The minimum absolute atomic E-state index is 0.749. The predicted molar refractivity (Wildman–Crippen MR) is 126 cm³/mol. The van der Waals surface area contributed by atoms with Crippen LogP contribution in [0.25, 0.3) is 0 Å². The summed E-state index contributed by atoms with van der Waals surface area (Å²) < 4.78 is 0. The first-order valence-corrected chi connectivity index (χ1v) is 12.3. The predicted octanol–water partition coefficient (Wildman–Crippen LogP) is 10.7. The summed E-state index contributed by atoms with van der Waals surface area (Å²) in [6.45, 7) is 26.6. The van der Waals surface area contributed by atoms with Gasteiger partial charge in [0.15, 0.2) is 0 Å². The first-order valence-electron chi connectivity index (χ1n) is 12.3. The molecule has 2 aliphatic rings. The summed E-state index contributed by atoms with van der Waals surface area (Å²) >= 11 is 0. The zero-order chi connectivity index (χ0) is 21.1. The Kier molecular flexibility index (Phi) is 50.6. The van der Waals surface area contributed by atoms with Gasteiger partial charge in [0.2, 0.25) is 0 Å². The molecule has 2 fully saturated rings. The van der Waals surface area contributed by atoms with E-state index in [2.05, 4.69) is 6.92 Å². The molecular formula is C25H60. The normalized spacial score (nSPS) is 17.2. The molecule has 0 aliphatic heterocycles. The highest BCUT2D eigenvalue weighted by atomic mass is 14.4. The maximum atomic E-state index is 2.57. The van der Waals surface area contributed by atoms with E-state index in [1.54, 1.807) is 0 Å². The maximum absolute atomic E-state index is 2.57. The van der Waals surface area contributed by atoms with Crippen LogP contribution in [0.1, 0.15) is 154 Å². The molecule has 160 valence electrons. The Labute approximate surface area is 166 Å². The van der Waals surface area contributed by atoms with E-state index >= 15 is 0 Å². The molecule has 2 aliphatic carbocycles. The Morgan fingerprint density at radius 2 is 0.720 bits per heavy atom. The molecule has 0 unspecified atom stereocenters. The molecule has 2 saturated carbocycles. The summed E-state index contributed by atoms with van der Waals surface area (Å²) in [7, 11) is 0. The van der Waals surface area contributed by atoms with E-state index in [1.165, 1.54) is 64.2 Å².